The molecule has 0 spiro atoms. The fourth-order valence-electron chi connectivity index (χ4n) is 4.47. The molecule has 2 heteroatoms. The first-order valence-corrected chi connectivity index (χ1v) is 11.9. The molecule has 1 N–H and O–H groups in total. The van der Waals surface area contributed by atoms with E-state index in [1.54, 1.807) is 5.20 Å². The predicted molar refractivity (Wildman–Crippen MR) is 97.4 cm³/mol. The van der Waals surface area contributed by atoms with Crippen molar-refractivity contribution in [3.63, 3.8) is 0 Å². The molecule has 1 aromatic carbocycles. The van der Waals surface area contributed by atoms with E-state index in [0.29, 0.717) is 0 Å². The lowest BCUT2D eigenvalue weighted by molar-refractivity contribution is 0.164. The quantitative estimate of drug-likeness (QED) is 0.744. The monoisotopic (exact) mass is 312 g/mol. The first kappa shape index (κ1) is 15.8. The molecule has 0 aromatic heterocycles. The summed E-state index contributed by atoms with van der Waals surface area (Å²) in [6.07, 6.45) is 2.76. The topological polar surface area (TPSA) is 20.2 Å². The molecular weight excluding hydrogens is 284 g/mol. The zero-order chi connectivity index (χ0) is 16.1. The zero-order valence-electron chi connectivity index (χ0n) is 14.5. The summed E-state index contributed by atoms with van der Waals surface area (Å²) in [6, 6.07) is 10.9. The van der Waals surface area contributed by atoms with Gasteiger partial charge in [-0.25, -0.2) is 0 Å². The van der Waals surface area contributed by atoms with Gasteiger partial charge in [-0.1, -0.05) is 67.7 Å². The van der Waals surface area contributed by atoms with Crippen LogP contribution in [-0.2, 0) is 0 Å². The molecule has 1 nitrogen and oxygen atoms in total. The van der Waals surface area contributed by atoms with Gasteiger partial charge in [0.1, 0.15) is 0 Å². The van der Waals surface area contributed by atoms with Crippen LogP contribution in [0.3, 0.4) is 0 Å². The van der Waals surface area contributed by atoms with E-state index in [1.807, 2.05) is 0 Å². The van der Waals surface area contributed by atoms with Crippen molar-refractivity contribution in [1.29, 1.82) is 0 Å². The van der Waals surface area contributed by atoms with Crippen molar-refractivity contribution in [2.45, 2.75) is 58.9 Å². The molecule has 1 aromatic rings. The third-order valence-electron chi connectivity index (χ3n) is 5.52. The molecule has 0 heterocycles. The lowest BCUT2D eigenvalue weighted by Crippen LogP contribution is -2.33. The molecule has 0 bridgehead atoms. The Balaban J connectivity index is 2.23. The summed E-state index contributed by atoms with van der Waals surface area (Å²) in [6.45, 7) is 12.0. The van der Waals surface area contributed by atoms with Crippen molar-refractivity contribution in [3.8, 4) is 0 Å². The van der Waals surface area contributed by atoms with Crippen LogP contribution in [0.5, 0.6) is 0 Å². The third-order valence-corrected chi connectivity index (χ3v) is 7.76. The van der Waals surface area contributed by atoms with Crippen LogP contribution in [0.4, 0.5) is 0 Å². The van der Waals surface area contributed by atoms with Crippen LogP contribution in [0.25, 0.3) is 5.57 Å². The number of rotatable bonds is 2. The molecule has 1 saturated carbocycles. The third kappa shape index (κ3) is 2.53. The SMILES string of the molecule is CC1=C2C[C@@H](O)C[C@@]2(C)CC([Si](C)(C)C)=C1c1ccccc1. The molecule has 2 aliphatic carbocycles. The molecule has 0 amide bonds. The number of aliphatic hydroxyl groups excluding tert-OH is 1. The number of fused-ring (bicyclic) bond motifs is 1. The van der Waals surface area contributed by atoms with Crippen molar-refractivity contribution >= 4 is 13.6 Å². The number of allylic oxidation sites excluding steroid dienone is 3. The first-order valence-electron chi connectivity index (χ1n) is 8.40. The Kier molecular flexibility index (Phi) is 3.73. The summed E-state index contributed by atoms with van der Waals surface area (Å²) in [7, 11) is -1.41. The van der Waals surface area contributed by atoms with E-state index in [2.05, 4.69) is 63.8 Å². The van der Waals surface area contributed by atoms with Crippen LogP contribution >= 0.6 is 0 Å². The van der Waals surface area contributed by atoms with E-state index in [-0.39, 0.29) is 11.5 Å². The minimum atomic E-state index is -1.41. The van der Waals surface area contributed by atoms with Gasteiger partial charge in [0.05, 0.1) is 14.2 Å². The first-order chi connectivity index (χ1) is 10.2. The predicted octanol–water partition coefficient (Wildman–Crippen LogP) is 5.20. The summed E-state index contributed by atoms with van der Waals surface area (Å²) in [4.78, 5) is 0. The van der Waals surface area contributed by atoms with E-state index < -0.39 is 8.07 Å². The summed E-state index contributed by atoms with van der Waals surface area (Å²) in [5.41, 5.74) is 5.96. The van der Waals surface area contributed by atoms with Gasteiger partial charge < -0.3 is 5.11 Å². The Bertz CT molecular complexity index is 648. The van der Waals surface area contributed by atoms with Crippen LogP contribution < -0.4 is 0 Å². The van der Waals surface area contributed by atoms with E-state index in [9.17, 15) is 5.11 Å². The van der Waals surface area contributed by atoms with Crippen molar-refractivity contribution in [3.05, 3.63) is 52.2 Å². The van der Waals surface area contributed by atoms with Crippen molar-refractivity contribution in [2.75, 3.05) is 0 Å². The molecule has 1 fully saturated rings. The van der Waals surface area contributed by atoms with Gasteiger partial charge >= 0.3 is 0 Å². The lowest BCUT2D eigenvalue weighted by atomic mass is 9.72. The fraction of sp³-hybridized carbons (Fsp3) is 0.500. The van der Waals surface area contributed by atoms with Gasteiger partial charge in [0.25, 0.3) is 0 Å². The molecule has 2 atom stereocenters. The van der Waals surface area contributed by atoms with Gasteiger partial charge in [-0.05, 0) is 48.3 Å². The maximum absolute atomic E-state index is 10.2. The van der Waals surface area contributed by atoms with Gasteiger partial charge in [0, 0.05) is 0 Å². The van der Waals surface area contributed by atoms with Crippen LogP contribution in [0.2, 0.25) is 19.6 Å². The second kappa shape index (κ2) is 5.21. The van der Waals surface area contributed by atoms with E-state index >= 15 is 0 Å². The highest BCUT2D eigenvalue weighted by molar-refractivity contribution is 6.84. The largest absolute Gasteiger partial charge is 0.393 e. The second-order valence-corrected chi connectivity index (χ2v) is 13.5. The van der Waals surface area contributed by atoms with Crippen molar-refractivity contribution in [1.82, 2.24) is 0 Å². The average molecular weight is 313 g/mol. The van der Waals surface area contributed by atoms with Crippen LogP contribution in [0.1, 0.15) is 38.7 Å². The fourth-order valence-corrected chi connectivity index (χ4v) is 6.48. The molecule has 0 aliphatic heterocycles. The Morgan fingerprint density at radius 3 is 2.36 bits per heavy atom. The summed E-state index contributed by atoms with van der Waals surface area (Å²) in [5, 5.41) is 11.9. The molecule has 0 saturated heterocycles. The average Bonchev–Trinajstić information content (AvgIpc) is 2.74. The van der Waals surface area contributed by atoms with E-state index in [0.717, 1.165) is 19.3 Å². The highest BCUT2D eigenvalue weighted by Gasteiger charge is 2.45. The number of hydrogen-bond acceptors (Lipinski definition) is 1. The normalized spacial score (nSPS) is 29.1. The number of aliphatic hydroxyl groups is 1. The van der Waals surface area contributed by atoms with Crippen molar-refractivity contribution < 1.29 is 5.11 Å². The van der Waals surface area contributed by atoms with Gasteiger partial charge in [0.15, 0.2) is 0 Å². The molecule has 2 aliphatic rings. The maximum atomic E-state index is 10.2. The number of benzene rings is 1. The highest BCUT2D eigenvalue weighted by atomic mass is 28.3. The minimum absolute atomic E-state index is 0.159. The molecule has 0 radical (unpaired) electrons. The maximum Gasteiger partial charge on any atom is 0.0733 e. The summed E-state index contributed by atoms with van der Waals surface area (Å²) < 4.78 is 0. The Morgan fingerprint density at radius 1 is 1.14 bits per heavy atom. The smallest absolute Gasteiger partial charge is 0.0733 e. The van der Waals surface area contributed by atoms with Crippen LogP contribution in [0, 0.1) is 5.41 Å². The number of hydrogen-bond donors (Lipinski definition) is 1. The lowest BCUT2D eigenvalue weighted by Gasteiger charge is -2.40. The molecule has 0 unspecified atom stereocenters. The van der Waals surface area contributed by atoms with E-state index in [1.165, 1.54) is 22.3 Å². The molecular formula is C20H28OSi. The summed E-state index contributed by atoms with van der Waals surface area (Å²) in [5.74, 6) is 0. The summed E-state index contributed by atoms with van der Waals surface area (Å²) >= 11 is 0. The zero-order valence-corrected chi connectivity index (χ0v) is 15.5. The van der Waals surface area contributed by atoms with Gasteiger partial charge in [0.2, 0.25) is 0 Å². The van der Waals surface area contributed by atoms with E-state index in [4.69, 9.17) is 0 Å². The molecule has 22 heavy (non-hydrogen) atoms. The minimum Gasteiger partial charge on any atom is -0.393 e. The van der Waals surface area contributed by atoms with Gasteiger partial charge in [-0.15, -0.1) is 0 Å². The highest BCUT2D eigenvalue weighted by Crippen LogP contribution is 2.56. The van der Waals surface area contributed by atoms with Gasteiger partial charge in [-0.3, -0.25) is 0 Å². The van der Waals surface area contributed by atoms with Gasteiger partial charge in [-0.2, -0.15) is 0 Å². The molecule has 118 valence electrons. The molecule has 3 rings (SSSR count). The van der Waals surface area contributed by atoms with Crippen LogP contribution in [0.15, 0.2) is 46.7 Å². The Morgan fingerprint density at radius 2 is 1.77 bits per heavy atom. The standard InChI is InChI=1S/C20H28OSi/c1-14-17-11-16(21)12-20(17,2)13-18(22(3,4)5)19(14)15-9-7-6-8-10-15/h6-10,16,21H,11-13H2,1-5H3/t16-,20+/m1/s1. The van der Waals surface area contributed by atoms with Crippen LogP contribution in [-0.4, -0.2) is 19.3 Å². The Labute approximate surface area is 135 Å². The Hall–Kier alpha value is -1.12. The van der Waals surface area contributed by atoms with Crippen molar-refractivity contribution in [2.24, 2.45) is 5.41 Å². The second-order valence-electron chi connectivity index (χ2n) is 8.37.